The minimum atomic E-state index is -3.74. The third-order valence-corrected chi connectivity index (χ3v) is 7.12. The Morgan fingerprint density at radius 2 is 1.65 bits per heavy atom. The van der Waals surface area contributed by atoms with Gasteiger partial charge in [-0.25, -0.2) is 8.42 Å². The van der Waals surface area contributed by atoms with Crippen molar-refractivity contribution in [1.29, 1.82) is 0 Å². The van der Waals surface area contributed by atoms with Gasteiger partial charge in [-0.2, -0.15) is 4.31 Å². The van der Waals surface area contributed by atoms with Gasteiger partial charge >= 0.3 is 0 Å². The second-order valence-electron chi connectivity index (χ2n) is 6.28. The van der Waals surface area contributed by atoms with E-state index in [0.29, 0.717) is 37.0 Å². The molecule has 2 heterocycles. The molecule has 0 amide bonds. The fourth-order valence-electron chi connectivity index (χ4n) is 3.21. The van der Waals surface area contributed by atoms with Crippen molar-refractivity contribution in [2.45, 2.75) is 24.3 Å². The van der Waals surface area contributed by atoms with E-state index in [9.17, 15) is 8.42 Å². The molecule has 4 rings (SSSR count). The van der Waals surface area contributed by atoms with Crippen molar-refractivity contribution in [3.8, 4) is 11.5 Å². The SMILES string of the molecule is O=S(=O)(c1cc(Cl)ccc1Cl)N1CCc2cc3c(cc2C1)OCCCO3. The van der Waals surface area contributed by atoms with Gasteiger partial charge < -0.3 is 9.47 Å². The van der Waals surface area contributed by atoms with E-state index in [2.05, 4.69) is 0 Å². The quantitative estimate of drug-likeness (QED) is 0.748. The van der Waals surface area contributed by atoms with Crippen LogP contribution in [0.1, 0.15) is 17.5 Å². The number of rotatable bonds is 2. The number of benzene rings is 2. The highest BCUT2D eigenvalue weighted by Gasteiger charge is 2.31. The molecule has 0 fully saturated rings. The van der Waals surface area contributed by atoms with Gasteiger partial charge in [-0.3, -0.25) is 0 Å². The summed E-state index contributed by atoms with van der Waals surface area (Å²) in [6, 6.07) is 8.31. The molecular formula is C18H17Cl2NO4S. The monoisotopic (exact) mass is 413 g/mol. The van der Waals surface area contributed by atoms with Gasteiger partial charge in [0.1, 0.15) is 4.90 Å². The minimum absolute atomic E-state index is 0.0319. The van der Waals surface area contributed by atoms with Crippen molar-refractivity contribution in [3.05, 3.63) is 51.5 Å². The first-order valence-corrected chi connectivity index (χ1v) is 10.5. The van der Waals surface area contributed by atoms with Crippen LogP contribution in [0, 0.1) is 0 Å². The molecular weight excluding hydrogens is 397 g/mol. The Kier molecular flexibility index (Phi) is 4.77. The van der Waals surface area contributed by atoms with Gasteiger partial charge in [-0.1, -0.05) is 23.2 Å². The molecule has 0 aliphatic carbocycles. The number of fused-ring (bicyclic) bond motifs is 2. The fourth-order valence-corrected chi connectivity index (χ4v) is 5.36. The normalized spacial score (nSPS) is 17.5. The van der Waals surface area contributed by atoms with Gasteiger partial charge in [0.2, 0.25) is 10.0 Å². The van der Waals surface area contributed by atoms with Gasteiger partial charge in [0.05, 0.1) is 18.2 Å². The Morgan fingerprint density at radius 1 is 0.962 bits per heavy atom. The van der Waals surface area contributed by atoms with Crippen LogP contribution in [0.25, 0.3) is 0 Å². The lowest BCUT2D eigenvalue weighted by Crippen LogP contribution is -2.36. The van der Waals surface area contributed by atoms with Crippen molar-refractivity contribution >= 4 is 33.2 Å². The topological polar surface area (TPSA) is 55.8 Å². The van der Waals surface area contributed by atoms with Crippen LogP contribution in [-0.2, 0) is 23.0 Å². The van der Waals surface area contributed by atoms with Crippen LogP contribution in [0.5, 0.6) is 11.5 Å². The molecule has 0 aromatic heterocycles. The lowest BCUT2D eigenvalue weighted by atomic mass is 10.0. The van der Waals surface area contributed by atoms with Crippen LogP contribution in [0.15, 0.2) is 35.2 Å². The maximum Gasteiger partial charge on any atom is 0.244 e. The zero-order valence-corrected chi connectivity index (χ0v) is 16.2. The average Bonchev–Trinajstić information content (AvgIpc) is 2.86. The summed E-state index contributed by atoms with van der Waals surface area (Å²) >= 11 is 12.1. The van der Waals surface area contributed by atoms with Crippen molar-refractivity contribution in [2.75, 3.05) is 19.8 Å². The number of hydrogen-bond acceptors (Lipinski definition) is 4. The Labute approximate surface area is 162 Å². The van der Waals surface area contributed by atoms with Crippen LogP contribution >= 0.6 is 23.2 Å². The first-order chi connectivity index (χ1) is 12.4. The number of ether oxygens (including phenoxy) is 2. The zero-order chi connectivity index (χ0) is 18.3. The van der Waals surface area contributed by atoms with E-state index < -0.39 is 10.0 Å². The fraction of sp³-hybridized carbons (Fsp3) is 0.333. The molecule has 0 saturated carbocycles. The van der Waals surface area contributed by atoms with Gasteiger partial charge in [0, 0.05) is 24.5 Å². The largest absolute Gasteiger partial charge is 0.490 e. The molecule has 0 spiro atoms. The Hall–Kier alpha value is -1.47. The Morgan fingerprint density at radius 3 is 2.38 bits per heavy atom. The summed E-state index contributed by atoms with van der Waals surface area (Å²) in [6.07, 6.45) is 1.43. The van der Waals surface area contributed by atoms with Crippen LogP contribution in [0.2, 0.25) is 10.0 Å². The average molecular weight is 414 g/mol. The maximum atomic E-state index is 13.0. The second kappa shape index (κ2) is 6.93. The third kappa shape index (κ3) is 3.27. The summed E-state index contributed by atoms with van der Waals surface area (Å²) in [5.74, 6) is 1.40. The number of sulfonamides is 1. The van der Waals surface area contributed by atoms with Crippen LogP contribution in [-0.4, -0.2) is 32.5 Å². The van der Waals surface area contributed by atoms with Crippen molar-refractivity contribution < 1.29 is 17.9 Å². The molecule has 0 unspecified atom stereocenters. The highest BCUT2D eigenvalue weighted by Crippen LogP contribution is 2.37. The molecule has 0 radical (unpaired) electrons. The molecule has 0 saturated heterocycles. The van der Waals surface area contributed by atoms with Crippen molar-refractivity contribution in [2.24, 2.45) is 0 Å². The van der Waals surface area contributed by atoms with Gasteiger partial charge in [0.25, 0.3) is 0 Å². The van der Waals surface area contributed by atoms with E-state index in [-0.39, 0.29) is 16.5 Å². The predicted octanol–water partition coefficient (Wildman–Crippen LogP) is 3.90. The molecule has 0 atom stereocenters. The number of nitrogens with zero attached hydrogens (tertiary/aromatic N) is 1. The van der Waals surface area contributed by atoms with Crippen LogP contribution in [0.3, 0.4) is 0 Å². The molecule has 138 valence electrons. The lowest BCUT2D eigenvalue weighted by Gasteiger charge is -2.29. The van der Waals surface area contributed by atoms with Gasteiger partial charge in [-0.15, -0.1) is 0 Å². The lowest BCUT2D eigenvalue weighted by molar-refractivity contribution is 0.297. The summed E-state index contributed by atoms with van der Waals surface area (Å²) in [5.41, 5.74) is 2.00. The number of halogens is 2. The van der Waals surface area contributed by atoms with E-state index in [0.717, 1.165) is 23.3 Å². The van der Waals surface area contributed by atoms with Crippen molar-refractivity contribution in [3.63, 3.8) is 0 Å². The molecule has 8 heteroatoms. The van der Waals surface area contributed by atoms with Crippen molar-refractivity contribution in [1.82, 2.24) is 4.31 Å². The summed E-state index contributed by atoms with van der Waals surface area (Å²) in [5, 5.41) is 0.500. The van der Waals surface area contributed by atoms with E-state index in [4.69, 9.17) is 32.7 Å². The molecule has 2 aromatic carbocycles. The van der Waals surface area contributed by atoms with Gasteiger partial charge in [-0.05, 0) is 47.9 Å². The molecule has 5 nitrogen and oxygen atoms in total. The molecule has 2 aliphatic heterocycles. The molecule has 2 aliphatic rings. The second-order valence-corrected chi connectivity index (χ2v) is 9.03. The summed E-state index contributed by atoms with van der Waals surface area (Å²) < 4.78 is 39.0. The highest BCUT2D eigenvalue weighted by atomic mass is 35.5. The van der Waals surface area contributed by atoms with E-state index >= 15 is 0 Å². The summed E-state index contributed by atoms with van der Waals surface area (Å²) in [6.45, 7) is 1.85. The first kappa shape index (κ1) is 17.9. The maximum absolute atomic E-state index is 13.0. The van der Waals surface area contributed by atoms with E-state index in [1.54, 1.807) is 6.07 Å². The summed E-state index contributed by atoms with van der Waals surface area (Å²) in [4.78, 5) is 0.0319. The predicted molar refractivity (Wildman–Crippen MR) is 99.8 cm³/mol. The molecule has 0 N–H and O–H groups in total. The standard InChI is InChI=1S/C18H17Cl2NO4S/c19-14-2-3-15(20)18(10-14)26(22,23)21-5-4-12-8-16-17(9-13(12)11-21)25-7-1-6-24-16/h2-3,8-10H,1,4-7,11H2. The van der Waals surface area contributed by atoms with Gasteiger partial charge in [0.15, 0.2) is 11.5 Å². The minimum Gasteiger partial charge on any atom is -0.490 e. The first-order valence-electron chi connectivity index (χ1n) is 8.32. The zero-order valence-electron chi connectivity index (χ0n) is 13.9. The third-order valence-electron chi connectivity index (χ3n) is 4.56. The van der Waals surface area contributed by atoms with E-state index in [1.165, 1.54) is 16.4 Å². The molecule has 26 heavy (non-hydrogen) atoms. The summed E-state index contributed by atoms with van der Waals surface area (Å²) in [7, 11) is -3.74. The number of hydrogen-bond donors (Lipinski definition) is 0. The van der Waals surface area contributed by atoms with Crippen LogP contribution in [0.4, 0.5) is 0 Å². The Bertz CT molecular complexity index is 962. The Balaban J connectivity index is 1.68. The molecule has 2 aromatic rings. The highest BCUT2D eigenvalue weighted by molar-refractivity contribution is 7.89. The molecule has 0 bridgehead atoms. The smallest absolute Gasteiger partial charge is 0.244 e. The van der Waals surface area contributed by atoms with E-state index in [1.807, 2.05) is 12.1 Å². The van der Waals surface area contributed by atoms with Crippen LogP contribution < -0.4 is 9.47 Å².